The normalized spacial score (nSPS) is 22.9. The van der Waals surface area contributed by atoms with Gasteiger partial charge in [0.15, 0.2) is 5.65 Å². The Kier molecular flexibility index (Phi) is 2.60. The summed E-state index contributed by atoms with van der Waals surface area (Å²) in [7, 11) is 0. The SMILES string of the molecule is CC1CN(c2nc3[nH]ncc3c(=O)[nH]2)CC(C)(C)O1. The first-order valence-electron chi connectivity index (χ1n) is 6.31. The Labute approximate surface area is 110 Å². The topological polar surface area (TPSA) is 86.9 Å². The molecule has 0 spiro atoms. The molecule has 1 saturated heterocycles. The van der Waals surface area contributed by atoms with Crippen molar-refractivity contribution in [3.05, 3.63) is 16.6 Å². The van der Waals surface area contributed by atoms with Crippen molar-refractivity contribution in [2.45, 2.75) is 32.5 Å². The standard InChI is InChI=1S/C12H17N5O2/c1-7-5-17(6-12(2,3)19-7)11-14-9-8(4-13-16-9)10(18)15-11/h4,7H,5-6H2,1-3H3,(H2,13,14,15,16,18). The van der Waals surface area contributed by atoms with Crippen molar-refractivity contribution in [3.63, 3.8) is 0 Å². The molecule has 7 heteroatoms. The fourth-order valence-electron chi connectivity index (χ4n) is 2.60. The van der Waals surface area contributed by atoms with Crippen LogP contribution in [0.15, 0.2) is 11.0 Å². The van der Waals surface area contributed by atoms with Crippen LogP contribution < -0.4 is 10.5 Å². The second kappa shape index (κ2) is 4.06. The van der Waals surface area contributed by atoms with Crippen LogP contribution in [0.5, 0.6) is 0 Å². The predicted octanol–water partition coefficient (Wildman–Crippen LogP) is 0.650. The number of H-pyrrole nitrogens is 2. The Morgan fingerprint density at radius 1 is 1.53 bits per heavy atom. The smallest absolute Gasteiger partial charge is 0.263 e. The van der Waals surface area contributed by atoms with E-state index in [1.165, 1.54) is 6.20 Å². The highest BCUT2D eigenvalue weighted by atomic mass is 16.5. The molecule has 1 atom stereocenters. The molecule has 3 heterocycles. The van der Waals surface area contributed by atoms with Crippen LogP contribution in [0.3, 0.4) is 0 Å². The minimum Gasteiger partial charge on any atom is -0.369 e. The average molecular weight is 263 g/mol. The van der Waals surface area contributed by atoms with Gasteiger partial charge < -0.3 is 9.64 Å². The molecule has 1 aliphatic heterocycles. The third-order valence-corrected chi connectivity index (χ3v) is 3.18. The van der Waals surface area contributed by atoms with Crippen LogP contribution in [-0.4, -0.2) is 45.0 Å². The summed E-state index contributed by atoms with van der Waals surface area (Å²) >= 11 is 0. The van der Waals surface area contributed by atoms with E-state index in [4.69, 9.17) is 4.74 Å². The number of hydrogen-bond donors (Lipinski definition) is 2. The molecule has 102 valence electrons. The van der Waals surface area contributed by atoms with Gasteiger partial charge in [-0.1, -0.05) is 0 Å². The van der Waals surface area contributed by atoms with Crippen molar-refractivity contribution in [1.82, 2.24) is 20.2 Å². The number of nitrogens with zero attached hydrogens (tertiary/aromatic N) is 3. The Morgan fingerprint density at radius 2 is 2.32 bits per heavy atom. The molecule has 2 aromatic heterocycles. The van der Waals surface area contributed by atoms with E-state index in [-0.39, 0.29) is 17.3 Å². The molecule has 0 saturated carbocycles. The highest BCUT2D eigenvalue weighted by Gasteiger charge is 2.32. The second-order valence-corrected chi connectivity index (χ2v) is 5.59. The van der Waals surface area contributed by atoms with Gasteiger partial charge in [0.05, 0.1) is 17.9 Å². The van der Waals surface area contributed by atoms with Crippen LogP contribution in [0.25, 0.3) is 11.0 Å². The molecule has 2 N–H and O–H groups in total. The van der Waals surface area contributed by atoms with E-state index >= 15 is 0 Å². The van der Waals surface area contributed by atoms with Crippen molar-refractivity contribution >= 4 is 17.0 Å². The first-order valence-corrected chi connectivity index (χ1v) is 6.31. The number of ether oxygens (including phenoxy) is 1. The minimum atomic E-state index is -0.265. The molecule has 1 aliphatic rings. The highest BCUT2D eigenvalue weighted by Crippen LogP contribution is 2.23. The first kappa shape index (κ1) is 12.2. The van der Waals surface area contributed by atoms with Gasteiger partial charge in [0.2, 0.25) is 5.95 Å². The lowest BCUT2D eigenvalue weighted by Crippen LogP contribution is -2.52. The van der Waals surface area contributed by atoms with Crippen LogP contribution in [-0.2, 0) is 4.74 Å². The fourth-order valence-corrected chi connectivity index (χ4v) is 2.60. The molecule has 1 unspecified atom stereocenters. The number of aromatic amines is 2. The zero-order valence-electron chi connectivity index (χ0n) is 11.2. The van der Waals surface area contributed by atoms with Crippen molar-refractivity contribution < 1.29 is 4.74 Å². The molecule has 0 bridgehead atoms. The molecule has 1 fully saturated rings. The number of anilines is 1. The predicted molar refractivity (Wildman–Crippen MR) is 71.3 cm³/mol. The van der Waals surface area contributed by atoms with Crippen LogP contribution in [0.1, 0.15) is 20.8 Å². The summed E-state index contributed by atoms with van der Waals surface area (Å²) in [6, 6.07) is 0. The molecule has 0 radical (unpaired) electrons. The highest BCUT2D eigenvalue weighted by molar-refractivity contribution is 5.73. The van der Waals surface area contributed by atoms with Gasteiger partial charge in [-0.2, -0.15) is 10.1 Å². The summed E-state index contributed by atoms with van der Waals surface area (Å²) in [5, 5.41) is 7.05. The summed E-state index contributed by atoms with van der Waals surface area (Å²) in [5.41, 5.74) is 0.0699. The van der Waals surface area contributed by atoms with Crippen LogP contribution in [0.4, 0.5) is 5.95 Å². The van der Waals surface area contributed by atoms with Gasteiger partial charge in [-0.15, -0.1) is 0 Å². The number of aromatic nitrogens is 4. The molecule has 0 amide bonds. The summed E-state index contributed by atoms with van der Waals surface area (Å²) in [4.78, 5) is 21.2. The van der Waals surface area contributed by atoms with E-state index in [9.17, 15) is 4.79 Å². The number of nitrogens with one attached hydrogen (secondary N) is 2. The van der Waals surface area contributed by atoms with Gasteiger partial charge in [0.25, 0.3) is 5.56 Å². The Hall–Kier alpha value is -1.89. The zero-order valence-corrected chi connectivity index (χ0v) is 11.2. The van der Waals surface area contributed by atoms with Gasteiger partial charge in [-0.05, 0) is 20.8 Å². The minimum absolute atomic E-state index is 0.0894. The van der Waals surface area contributed by atoms with Crippen molar-refractivity contribution in [3.8, 4) is 0 Å². The maximum Gasteiger partial charge on any atom is 0.263 e. The summed E-state index contributed by atoms with van der Waals surface area (Å²) in [5.74, 6) is 0.560. The molecule has 0 aromatic carbocycles. The largest absolute Gasteiger partial charge is 0.369 e. The van der Waals surface area contributed by atoms with Crippen molar-refractivity contribution in [2.24, 2.45) is 0 Å². The quantitative estimate of drug-likeness (QED) is 0.789. The summed E-state index contributed by atoms with van der Waals surface area (Å²) in [6.07, 6.45) is 1.57. The van der Waals surface area contributed by atoms with Crippen LogP contribution in [0, 0.1) is 0 Å². The molecule has 3 rings (SSSR count). The van der Waals surface area contributed by atoms with Gasteiger partial charge in [0.1, 0.15) is 5.39 Å². The first-order chi connectivity index (χ1) is 8.94. The van der Waals surface area contributed by atoms with Gasteiger partial charge in [-0.3, -0.25) is 14.9 Å². The summed E-state index contributed by atoms with van der Waals surface area (Å²) < 4.78 is 5.85. The average Bonchev–Trinajstić information content (AvgIpc) is 2.74. The number of hydrogen-bond acceptors (Lipinski definition) is 5. The second-order valence-electron chi connectivity index (χ2n) is 5.59. The van der Waals surface area contributed by atoms with E-state index in [1.807, 2.05) is 25.7 Å². The van der Waals surface area contributed by atoms with E-state index in [0.29, 0.717) is 30.1 Å². The maximum absolute atomic E-state index is 11.9. The third kappa shape index (κ3) is 2.21. The maximum atomic E-state index is 11.9. The third-order valence-electron chi connectivity index (χ3n) is 3.18. The summed E-state index contributed by atoms with van der Waals surface area (Å²) in [6.45, 7) is 7.46. The van der Waals surface area contributed by atoms with Crippen LogP contribution >= 0.6 is 0 Å². The Balaban J connectivity index is 2.01. The molecule has 0 aliphatic carbocycles. The van der Waals surface area contributed by atoms with Gasteiger partial charge in [-0.25, -0.2) is 0 Å². The molecular weight excluding hydrogens is 246 g/mol. The van der Waals surface area contributed by atoms with E-state index < -0.39 is 0 Å². The van der Waals surface area contributed by atoms with Crippen molar-refractivity contribution in [2.75, 3.05) is 18.0 Å². The monoisotopic (exact) mass is 263 g/mol. The number of morpholine rings is 1. The molecular formula is C12H17N5O2. The van der Waals surface area contributed by atoms with E-state index in [0.717, 1.165) is 0 Å². The van der Waals surface area contributed by atoms with Crippen LogP contribution in [0.2, 0.25) is 0 Å². The number of fused-ring (bicyclic) bond motifs is 1. The lowest BCUT2D eigenvalue weighted by molar-refractivity contribution is -0.0753. The van der Waals surface area contributed by atoms with Gasteiger partial charge in [0, 0.05) is 13.1 Å². The van der Waals surface area contributed by atoms with Crippen molar-refractivity contribution in [1.29, 1.82) is 0 Å². The number of rotatable bonds is 1. The van der Waals surface area contributed by atoms with E-state index in [2.05, 4.69) is 20.2 Å². The Morgan fingerprint density at radius 3 is 3.05 bits per heavy atom. The Bertz CT molecular complexity index is 659. The lowest BCUT2D eigenvalue weighted by atomic mass is 10.1. The zero-order chi connectivity index (χ0) is 13.6. The molecule has 19 heavy (non-hydrogen) atoms. The van der Waals surface area contributed by atoms with E-state index in [1.54, 1.807) is 0 Å². The fraction of sp³-hybridized carbons (Fsp3) is 0.583. The molecule has 2 aromatic rings. The van der Waals surface area contributed by atoms with Gasteiger partial charge >= 0.3 is 0 Å². The lowest BCUT2D eigenvalue weighted by Gasteiger charge is -2.41. The molecule has 7 nitrogen and oxygen atoms in total.